The Bertz CT molecular complexity index is 1160. The Labute approximate surface area is 186 Å². The van der Waals surface area contributed by atoms with Crippen LogP contribution < -0.4 is 5.32 Å². The summed E-state index contributed by atoms with van der Waals surface area (Å²) in [5.41, 5.74) is 2.70. The number of hydrogen-bond acceptors (Lipinski definition) is 4. The maximum Gasteiger partial charge on any atom is 0.290 e. The van der Waals surface area contributed by atoms with Crippen molar-refractivity contribution in [1.29, 1.82) is 0 Å². The van der Waals surface area contributed by atoms with Crippen LogP contribution in [0.1, 0.15) is 50.7 Å². The second kappa shape index (κ2) is 7.61. The number of rotatable bonds is 2. The van der Waals surface area contributed by atoms with E-state index in [1.165, 1.54) is 12.1 Å². The van der Waals surface area contributed by atoms with E-state index in [2.05, 4.69) is 31.1 Å². The third-order valence-corrected chi connectivity index (χ3v) is 6.07. The van der Waals surface area contributed by atoms with Crippen molar-refractivity contribution in [1.82, 2.24) is 15.2 Å². The van der Waals surface area contributed by atoms with Gasteiger partial charge >= 0.3 is 0 Å². The molecule has 4 rings (SSSR count). The summed E-state index contributed by atoms with van der Waals surface area (Å²) in [6.07, 6.45) is 0. The van der Waals surface area contributed by atoms with Crippen molar-refractivity contribution in [3.8, 4) is 11.3 Å². The van der Waals surface area contributed by atoms with E-state index < -0.39 is 5.82 Å². The Balaban J connectivity index is 1.84. The van der Waals surface area contributed by atoms with Crippen LogP contribution in [0.15, 0.2) is 34.7 Å². The number of benzene rings is 1. The van der Waals surface area contributed by atoms with E-state index >= 15 is 0 Å². The first-order valence-electron chi connectivity index (χ1n) is 10.4. The van der Waals surface area contributed by atoms with Gasteiger partial charge in [-0.1, -0.05) is 38.4 Å². The molecule has 1 aliphatic rings. The zero-order valence-corrected chi connectivity index (χ0v) is 19.2. The number of hydrogen-bond donors (Lipinski definition) is 1. The summed E-state index contributed by atoms with van der Waals surface area (Å²) < 4.78 is 20.2. The van der Waals surface area contributed by atoms with Gasteiger partial charge in [-0.25, -0.2) is 9.37 Å². The molecule has 1 amide bonds. The fourth-order valence-electron chi connectivity index (χ4n) is 3.98. The van der Waals surface area contributed by atoms with Crippen LogP contribution in [0.3, 0.4) is 0 Å². The van der Waals surface area contributed by atoms with E-state index in [1.807, 2.05) is 24.8 Å². The quantitative estimate of drug-likeness (QED) is 0.575. The molecule has 0 unspecified atom stereocenters. The number of furan rings is 1. The molecule has 0 spiro atoms. The molecule has 1 aliphatic heterocycles. The number of pyridine rings is 1. The number of piperazine rings is 1. The van der Waals surface area contributed by atoms with Crippen molar-refractivity contribution in [3.05, 3.63) is 52.5 Å². The van der Waals surface area contributed by atoms with Crippen molar-refractivity contribution < 1.29 is 13.6 Å². The lowest BCUT2D eigenvalue weighted by molar-refractivity contribution is 0.0448. The average Bonchev–Trinajstić information content (AvgIpc) is 3.12. The summed E-state index contributed by atoms with van der Waals surface area (Å²) in [5.74, 6) is -0.381. The van der Waals surface area contributed by atoms with Crippen LogP contribution in [0.25, 0.3) is 22.4 Å². The molecule has 0 bridgehead atoms. The molecule has 0 saturated carbocycles. The van der Waals surface area contributed by atoms with Gasteiger partial charge in [-0.05, 0) is 37.5 Å². The van der Waals surface area contributed by atoms with Crippen LogP contribution >= 0.6 is 11.6 Å². The highest BCUT2D eigenvalue weighted by atomic mass is 35.5. The lowest BCUT2D eigenvalue weighted by Crippen LogP contribution is -2.59. The maximum absolute atomic E-state index is 14.1. The molecule has 0 radical (unpaired) electrons. The number of aromatic nitrogens is 1. The number of nitrogens with one attached hydrogen (secondary N) is 1. The van der Waals surface area contributed by atoms with E-state index in [-0.39, 0.29) is 27.6 Å². The molecule has 1 saturated heterocycles. The van der Waals surface area contributed by atoms with E-state index in [1.54, 1.807) is 12.1 Å². The summed E-state index contributed by atoms with van der Waals surface area (Å²) in [5, 5.41) is 3.39. The number of carbonyl (C=O) groups excluding carboxylic acids is 1. The van der Waals surface area contributed by atoms with Crippen LogP contribution in [0, 0.1) is 5.82 Å². The Morgan fingerprint density at radius 3 is 2.65 bits per heavy atom. The van der Waals surface area contributed by atoms with E-state index in [0.717, 1.165) is 18.7 Å². The molecule has 1 aromatic carbocycles. The van der Waals surface area contributed by atoms with Gasteiger partial charge in [-0.3, -0.25) is 4.79 Å². The predicted molar refractivity (Wildman–Crippen MR) is 121 cm³/mol. The Morgan fingerprint density at radius 2 is 2.00 bits per heavy atom. The lowest BCUT2D eigenvalue weighted by Gasteiger charge is -2.42. The molecule has 31 heavy (non-hydrogen) atoms. The zero-order chi connectivity index (χ0) is 22.6. The van der Waals surface area contributed by atoms with E-state index in [0.29, 0.717) is 28.9 Å². The largest absolute Gasteiger partial charge is 0.449 e. The van der Waals surface area contributed by atoms with Gasteiger partial charge in [0, 0.05) is 36.8 Å². The summed E-state index contributed by atoms with van der Waals surface area (Å²) in [7, 11) is 0. The van der Waals surface area contributed by atoms with Gasteiger partial charge < -0.3 is 14.6 Å². The maximum atomic E-state index is 14.1. The second-order valence-corrected chi connectivity index (χ2v) is 10.1. The first-order valence-corrected chi connectivity index (χ1v) is 10.8. The third-order valence-electron chi connectivity index (χ3n) is 5.76. The molecule has 1 N–H and O–H groups in total. The highest BCUT2D eigenvalue weighted by molar-refractivity contribution is 6.30. The molecular formula is C24H27ClFN3O2. The van der Waals surface area contributed by atoms with Gasteiger partial charge in [0.25, 0.3) is 5.91 Å². The predicted octanol–water partition coefficient (Wildman–Crippen LogP) is 5.41. The standard InChI is InChI=1S/C24H27ClFN3O2/c1-23(2,3)15-11-18(14-6-7-16(25)17(26)10-14)28-19-12-20(31-21(15)19)22(30)29-9-8-27-13-24(29,4)5/h6-7,10-12,27H,8-9,13H2,1-5H3. The molecule has 164 valence electrons. The van der Waals surface area contributed by atoms with Crippen molar-refractivity contribution in [2.45, 2.75) is 45.6 Å². The van der Waals surface area contributed by atoms with Crippen molar-refractivity contribution in [3.63, 3.8) is 0 Å². The molecule has 5 nitrogen and oxygen atoms in total. The van der Waals surface area contributed by atoms with E-state index in [4.69, 9.17) is 16.0 Å². The zero-order valence-electron chi connectivity index (χ0n) is 18.5. The molecule has 1 fully saturated rings. The van der Waals surface area contributed by atoms with Crippen LogP contribution in [0.5, 0.6) is 0 Å². The van der Waals surface area contributed by atoms with Gasteiger partial charge in [-0.15, -0.1) is 0 Å². The van der Waals surface area contributed by atoms with Gasteiger partial charge in [0.15, 0.2) is 11.3 Å². The fraction of sp³-hybridized carbons (Fsp3) is 0.417. The minimum Gasteiger partial charge on any atom is -0.449 e. The van der Waals surface area contributed by atoms with Crippen LogP contribution in [0.2, 0.25) is 5.02 Å². The summed E-state index contributed by atoms with van der Waals surface area (Å²) in [6.45, 7) is 12.3. The third kappa shape index (κ3) is 4.06. The highest BCUT2D eigenvalue weighted by Gasteiger charge is 2.35. The number of nitrogens with zero attached hydrogens (tertiary/aromatic N) is 2. The first-order chi connectivity index (χ1) is 14.5. The molecule has 7 heteroatoms. The van der Waals surface area contributed by atoms with Crippen LogP contribution in [-0.4, -0.2) is 41.0 Å². The normalized spacial score (nSPS) is 16.7. The highest BCUT2D eigenvalue weighted by Crippen LogP contribution is 2.35. The Morgan fingerprint density at radius 1 is 1.26 bits per heavy atom. The summed E-state index contributed by atoms with van der Waals surface area (Å²) in [6, 6.07) is 8.23. The summed E-state index contributed by atoms with van der Waals surface area (Å²) >= 11 is 5.85. The first kappa shape index (κ1) is 21.8. The molecule has 3 heterocycles. The van der Waals surface area contributed by atoms with Gasteiger partial charge in [-0.2, -0.15) is 0 Å². The molecule has 0 aliphatic carbocycles. The number of amides is 1. The number of halogens is 2. The molecule has 0 atom stereocenters. The van der Waals surface area contributed by atoms with Crippen molar-refractivity contribution >= 4 is 28.6 Å². The second-order valence-electron chi connectivity index (χ2n) is 9.70. The molecule has 3 aromatic rings. The van der Waals surface area contributed by atoms with Gasteiger partial charge in [0.05, 0.1) is 16.3 Å². The number of fused-ring (bicyclic) bond motifs is 1. The minimum absolute atomic E-state index is 0.0655. The SMILES string of the molecule is CC(C)(C)c1cc(-c2ccc(Cl)c(F)c2)nc2cc(C(=O)N3CCNCC3(C)C)oc12. The monoisotopic (exact) mass is 443 g/mol. The van der Waals surface area contributed by atoms with Crippen LogP contribution in [0.4, 0.5) is 4.39 Å². The summed E-state index contributed by atoms with van der Waals surface area (Å²) in [4.78, 5) is 19.8. The van der Waals surface area contributed by atoms with Gasteiger partial charge in [0.2, 0.25) is 0 Å². The topological polar surface area (TPSA) is 58.4 Å². The fourth-order valence-corrected chi connectivity index (χ4v) is 4.10. The smallest absolute Gasteiger partial charge is 0.290 e. The van der Waals surface area contributed by atoms with E-state index in [9.17, 15) is 9.18 Å². The average molecular weight is 444 g/mol. The number of carbonyl (C=O) groups is 1. The minimum atomic E-state index is -0.498. The van der Waals surface area contributed by atoms with Crippen molar-refractivity contribution in [2.24, 2.45) is 0 Å². The van der Waals surface area contributed by atoms with Crippen LogP contribution in [-0.2, 0) is 5.41 Å². The Hall–Kier alpha value is -2.44. The lowest BCUT2D eigenvalue weighted by atomic mass is 9.86. The van der Waals surface area contributed by atoms with Crippen molar-refractivity contribution in [2.75, 3.05) is 19.6 Å². The Kier molecular flexibility index (Phi) is 5.34. The molecule has 2 aromatic heterocycles. The van der Waals surface area contributed by atoms with Gasteiger partial charge in [0.1, 0.15) is 11.3 Å². The molecular weight excluding hydrogens is 417 g/mol.